The maximum atomic E-state index is 12.4. The third-order valence-corrected chi connectivity index (χ3v) is 4.21. The van der Waals surface area contributed by atoms with E-state index < -0.39 is 18.2 Å². The number of nitrogens with zero attached hydrogens (tertiary/aromatic N) is 1. The first kappa shape index (κ1) is 18.8. The van der Waals surface area contributed by atoms with Crippen molar-refractivity contribution < 1.29 is 32.2 Å². The van der Waals surface area contributed by atoms with E-state index in [0.717, 1.165) is 11.3 Å². The Morgan fingerprint density at radius 2 is 1.76 bits per heavy atom. The number of benzene rings is 1. The molecule has 5 nitrogen and oxygen atoms in total. The summed E-state index contributed by atoms with van der Waals surface area (Å²) < 4.78 is 45.9. The van der Waals surface area contributed by atoms with Gasteiger partial charge in [0.1, 0.15) is 10.6 Å². The van der Waals surface area contributed by atoms with Crippen molar-refractivity contribution >= 4 is 23.2 Å². The van der Waals surface area contributed by atoms with Gasteiger partial charge in [-0.3, -0.25) is 4.79 Å². The molecule has 0 unspecified atom stereocenters. The Balaban J connectivity index is 2.14. The van der Waals surface area contributed by atoms with Gasteiger partial charge in [0.05, 0.1) is 12.0 Å². The number of hydrogen-bond acceptors (Lipinski definition) is 5. The third kappa shape index (κ3) is 4.96. The quantitative estimate of drug-likeness (QED) is 0.750. The normalized spacial score (nSPS) is 11.1. The van der Waals surface area contributed by atoms with E-state index in [2.05, 4.69) is 9.47 Å². The van der Waals surface area contributed by atoms with Crippen LogP contribution < -0.4 is 4.74 Å². The van der Waals surface area contributed by atoms with E-state index in [9.17, 15) is 22.8 Å². The summed E-state index contributed by atoms with van der Waals surface area (Å²) in [6.07, 6.45) is -4.82. The minimum absolute atomic E-state index is 0.0868. The number of carbonyl (C=O) groups is 2. The molecule has 134 valence electrons. The molecule has 0 N–H and O–H groups in total. The average molecular weight is 373 g/mol. The number of methoxy groups -OCH3 is 1. The number of thiophene rings is 1. The first-order valence-electron chi connectivity index (χ1n) is 6.98. The molecule has 9 heteroatoms. The van der Waals surface area contributed by atoms with Crippen LogP contribution in [0.25, 0.3) is 0 Å². The minimum atomic E-state index is -4.82. The van der Waals surface area contributed by atoms with Crippen LogP contribution >= 0.6 is 11.3 Å². The fourth-order valence-corrected chi connectivity index (χ4v) is 2.96. The summed E-state index contributed by atoms with van der Waals surface area (Å²) in [5.41, 5.74) is 0.209. The van der Waals surface area contributed by atoms with Gasteiger partial charge in [-0.25, -0.2) is 4.79 Å². The number of amides is 1. The van der Waals surface area contributed by atoms with Gasteiger partial charge < -0.3 is 14.4 Å². The summed E-state index contributed by atoms with van der Waals surface area (Å²) in [6, 6.07) is 8.51. The Bertz CT molecular complexity index is 773. The zero-order chi connectivity index (χ0) is 18.6. The maximum Gasteiger partial charge on any atom is 0.573 e. The molecule has 0 bridgehead atoms. The van der Waals surface area contributed by atoms with Crippen molar-refractivity contribution in [2.24, 2.45) is 0 Å². The highest BCUT2D eigenvalue weighted by Crippen LogP contribution is 2.27. The lowest BCUT2D eigenvalue weighted by Gasteiger charge is -2.19. The first-order valence-corrected chi connectivity index (χ1v) is 7.80. The molecule has 2 rings (SSSR count). The number of alkyl halides is 3. The molecule has 0 aliphatic carbocycles. The molecule has 0 aliphatic heterocycles. The summed E-state index contributed by atoms with van der Waals surface area (Å²) in [6.45, 7) is -0.0868. The largest absolute Gasteiger partial charge is 0.573 e. The van der Waals surface area contributed by atoms with Gasteiger partial charge in [0, 0.05) is 19.2 Å². The molecule has 0 aliphatic rings. The Morgan fingerprint density at radius 1 is 1.12 bits per heavy atom. The Kier molecular flexibility index (Phi) is 5.68. The molecule has 2 aromatic rings. The van der Waals surface area contributed by atoms with Crippen LogP contribution in [0.1, 0.15) is 24.9 Å². The standard InChI is InChI=1S/C16H14F3NO4S/c1-20(14(21)12-7-8-13(25-12)15(22)23-2)9-10-5-3-4-6-11(10)24-16(17,18)19/h3-8H,9H2,1-2H3. The van der Waals surface area contributed by atoms with Gasteiger partial charge in [0.15, 0.2) is 0 Å². The Hall–Kier alpha value is -2.55. The van der Waals surface area contributed by atoms with E-state index in [4.69, 9.17) is 0 Å². The topological polar surface area (TPSA) is 55.8 Å². The maximum absolute atomic E-state index is 12.4. The van der Waals surface area contributed by atoms with Gasteiger partial charge in [-0.15, -0.1) is 24.5 Å². The minimum Gasteiger partial charge on any atom is -0.465 e. The third-order valence-electron chi connectivity index (χ3n) is 3.16. The average Bonchev–Trinajstić information content (AvgIpc) is 3.03. The number of carbonyl (C=O) groups excluding carboxylic acids is 2. The molecule has 25 heavy (non-hydrogen) atoms. The van der Waals surface area contributed by atoms with Crippen molar-refractivity contribution in [3.05, 3.63) is 51.7 Å². The number of esters is 1. The van der Waals surface area contributed by atoms with E-state index in [-0.39, 0.29) is 27.6 Å². The van der Waals surface area contributed by atoms with Crippen LogP contribution in [0.3, 0.4) is 0 Å². The molecule has 0 atom stereocenters. The van der Waals surface area contributed by atoms with Crippen LogP contribution in [0, 0.1) is 0 Å². The summed E-state index contributed by atoms with van der Waals surface area (Å²) >= 11 is 0.950. The Morgan fingerprint density at radius 3 is 2.40 bits per heavy atom. The molecular weight excluding hydrogens is 359 g/mol. The molecule has 0 spiro atoms. The SMILES string of the molecule is COC(=O)c1ccc(C(=O)N(C)Cc2ccccc2OC(F)(F)F)s1. The van der Waals surface area contributed by atoms with E-state index in [1.54, 1.807) is 6.07 Å². The van der Waals surface area contributed by atoms with E-state index in [1.807, 2.05) is 0 Å². The van der Waals surface area contributed by atoms with Crippen LogP contribution in [-0.2, 0) is 11.3 Å². The molecule has 1 amide bonds. The first-order chi connectivity index (χ1) is 11.7. The fourth-order valence-electron chi connectivity index (χ4n) is 2.04. The second kappa shape index (κ2) is 7.56. The van der Waals surface area contributed by atoms with Crippen molar-refractivity contribution in [3.8, 4) is 5.75 Å². The fraction of sp³-hybridized carbons (Fsp3) is 0.250. The number of hydrogen-bond donors (Lipinski definition) is 0. The molecule has 0 saturated carbocycles. The predicted molar refractivity (Wildman–Crippen MR) is 84.6 cm³/mol. The van der Waals surface area contributed by atoms with Crippen molar-refractivity contribution in [2.45, 2.75) is 12.9 Å². The number of halogens is 3. The lowest BCUT2D eigenvalue weighted by Crippen LogP contribution is -2.26. The predicted octanol–water partition coefficient (Wildman–Crippen LogP) is 3.71. The zero-order valence-electron chi connectivity index (χ0n) is 13.3. The van der Waals surface area contributed by atoms with Gasteiger partial charge in [-0.05, 0) is 18.2 Å². The van der Waals surface area contributed by atoms with Crippen LogP contribution in [-0.4, -0.2) is 37.3 Å². The van der Waals surface area contributed by atoms with E-state index in [0.29, 0.717) is 0 Å². The van der Waals surface area contributed by atoms with Gasteiger partial charge in [-0.2, -0.15) is 0 Å². The van der Waals surface area contributed by atoms with Gasteiger partial charge in [0.25, 0.3) is 5.91 Å². The molecule has 1 aromatic heterocycles. The second-order valence-corrected chi connectivity index (χ2v) is 6.06. The highest BCUT2D eigenvalue weighted by Gasteiger charge is 2.32. The summed E-state index contributed by atoms with van der Waals surface area (Å²) in [5, 5.41) is 0. The molecule has 0 fully saturated rings. The van der Waals surface area contributed by atoms with Crippen LogP contribution in [0.4, 0.5) is 13.2 Å². The van der Waals surface area contributed by atoms with Gasteiger partial charge >= 0.3 is 12.3 Å². The number of rotatable bonds is 5. The lowest BCUT2D eigenvalue weighted by molar-refractivity contribution is -0.275. The van der Waals surface area contributed by atoms with E-state index >= 15 is 0 Å². The molecule has 0 saturated heterocycles. The van der Waals surface area contributed by atoms with Crippen molar-refractivity contribution in [1.82, 2.24) is 4.90 Å². The number of para-hydroxylation sites is 1. The van der Waals surface area contributed by atoms with Crippen LogP contribution in [0.15, 0.2) is 36.4 Å². The second-order valence-electron chi connectivity index (χ2n) is 4.97. The van der Waals surface area contributed by atoms with Crippen molar-refractivity contribution in [1.29, 1.82) is 0 Å². The van der Waals surface area contributed by atoms with Crippen molar-refractivity contribution in [2.75, 3.05) is 14.2 Å². The molecule has 0 radical (unpaired) electrons. The summed E-state index contributed by atoms with van der Waals surface area (Å²) in [7, 11) is 2.68. The van der Waals surface area contributed by atoms with Crippen LogP contribution in [0.5, 0.6) is 5.75 Å². The zero-order valence-corrected chi connectivity index (χ0v) is 14.1. The lowest BCUT2D eigenvalue weighted by atomic mass is 10.2. The molecule has 1 heterocycles. The molecule has 1 aromatic carbocycles. The monoisotopic (exact) mass is 373 g/mol. The smallest absolute Gasteiger partial charge is 0.465 e. The Labute approximate surface area is 145 Å². The highest BCUT2D eigenvalue weighted by atomic mass is 32.1. The van der Waals surface area contributed by atoms with Crippen molar-refractivity contribution in [3.63, 3.8) is 0 Å². The highest BCUT2D eigenvalue weighted by molar-refractivity contribution is 7.15. The molecular formula is C16H14F3NO4S. The van der Waals surface area contributed by atoms with Crippen LogP contribution in [0.2, 0.25) is 0 Å². The van der Waals surface area contributed by atoms with Gasteiger partial charge in [-0.1, -0.05) is 18.2 Å². The summed E-state index contributed by atoms with van der Waals surface area (Å²) in [4.78, 5) is 25.6. The number of ether oxygens (including phenoxy) is 2. The summed E-state index contributed by atoms with van der Waals surface area (Å²) in [5.74, 6) is -1.35. The van der Waals surface area contributed by atoms with E-state index in [1.165, 1.54) is 49.4 Å². The van der Waals surface area contributed by atoms with Gasteiger partial charge in [0.2, 0.25) is 0 Å².